The second kappa shape index (κ2) is 6.06. The van der Waals surface area contributed by atoms with Crippen molar-refractivity contribution < 1.29 is 9.90 Å². The van der Waals surface area contributed by atoms with E-state index in [-0.39, 0.29) is 12.6 Å². The minimum atomic E-state index is -0.377. The van der Waals surface area contributed by atoms with Gasteiger partial charge in [-0.15, -0.1) is 0 Å². The maximum absolute atomic E-state index is 10.4. The van der Waals surface area contributed by atoms with Gasteiger partial charge in [0.2, 0.25) is 6.41 Å². The van der Waals surface area contributed by atoms with Gasteiger partial charge >= 0.3 is 0 Å². The van der Waals surface area contributed by atoms with Crippen LogP contribution in [0.25, 0.3) is 11.3 Å². The van der Waals surface area contributed by atoms with Gasteiger partial charge in [-0.25, -0.2) is 9.97 Å². The number of aliphatic hydroxyl groups is 1. The summed E-state index contributed by atoms with van der Waals surface area (Å²) in [6.07, 6.45) is 3.87. The first-order valence-corrected chi connectivity index (χ1v) is 5.93. The lowest BCUT2D eigenvalue weighted by molar-refractivity contribution is -0.110. The van der Waals surface area contributed by atoms with Crippen molar-refractivity contribution in [1.29, 1.82) is 0 Å². The maximum Gasteiger partial charge on any atom is 0.207 e. The predicted molar refractivity (Wildman–Crippen MR) is 71.2 cm³/mol. The van der Waals surface area contributed by atoms with Gasteiger partial charge in [0.25, 0.3) is 0 Å². The Bertz CT molecular complexity index is 555. The van der Waals surface area contributed by atoms with Crippen LogP contribution >= 0.6 is 0 Å². The van der Waals surface area contributed by atoms with Crippen LogP contribution in [-0.4, -0.2) is 28.1 Å². The third kappa shape index (κ3) is 2.95. The van der Waals surface area contributed by atoms with Gasteiger partial charge < -0.3 is 10.4 Å². The molecule has 1 atom stereocenters. The molecule has 0 radical (unpaired) electrons. The number of aromatic nitrogens is 2. The molecule has 0 spiro atoms. The molecule has 0 aliphatic rings. The fraction of sp³-hybridized carbons (Fsp3) is 0.214. The summed E-state index contributed by atoms with van der Waals surface area (Å²) in [6.45, 7) is 1.82. The lowest BCUT2D eigenvalue weighted by Crippen LogP contribution is -2.22. The number of amides is 1. The molecule has 1 unspecified atom stereocenters. The Morgan fingerprint density at radius 3 is 2.68 bits per heavy atom. The summed E-state index contributed by atoms with van der Waals surface area (Å²) in [6, 6.07) is 7.19. The number of aliphatic hydroxyl groups excluding tert-OH is 1. The molecule has 2 aromatic rings. The molecule has 2 rings (SSSR count). The number of benzene rings is 1. The number of carbonyl (C=O) groups is 1. The van der Waals surface area contributed by atoms with Crippen molar-refractivity contribution in [2.45, 2.75) is 13.0 Å². The topological polar surface area (TPSA) is 75.1 Å². The molecule has 19 heavy (non-hydrogen) atoms. The van der Waals surface area contributed by atoms with Gasteiger partial charge in [-0.05, 0) is 18.1 Å². The average Bonchev–Trinajstić information content (AvgIpc) is 2.46. The number of rotatable bonds is 5. The quantitative estimate of drug-likeness (QED) is 0.790. The van der Waals surface area contributed by atoms with Crippen molar-refractivity contribution in [2.24, 2.45) is 0 Å². The molecule has 1 amide bonds. The van der Waals surface area contributed by atoms with Crippen LogP contribution in [0.1, 0.15) is 17.2 Å². The standard InChI is InChI=1S/C14H15N3O2/c1-10-6-15-8-16-14(10)12-4-2-11(3-5-12)13(7-18)17-9-19/h2-6,8-9,13,18H,7H2,1H3,(H,17,19). The second-order valence-corrected chi connectivity index (χ2v) is 4.20. The molecule has 5 heteroatoms. The Kier molecular flexibility index (Phi) is 4.20. The highest BCUT2D eigenvalue weighted by Crippen LogP contribution is 2.22. The van der Waals surface area contributed by atoms with Crippen LogP contribution in [0.5, 0.6) is 0 Å². The number of carbonyl (C=O) groups excluding carboxylic acids is 1. The van der Waals surface area contributed by atoms with Crippen LogP contribution in [-0.2, 0) is 4.79 Å². The van der Waals surface area contributed by atoms with E-state index in [9.17, 15) is 9.90 Å². The molecule has 2 N–H and O–H groups in total. The molecule has 1 aromatic carbocycles. The number of hydrogen-bond donors (Lipinski definition) is 2. The average molecular weight is 257 g/mol. The number of hydrogen-bond acceptors (Lipinski definition) is 4. The van der Waals surface area contributed by atoms with E-state index in [1.165, 1.54) is 6.33 Å². The lowest BCUT2D eigenvalue weighted by atomic mass is 10.0. The zero-order chi connectivity index (χ0) is 13.7. The zero-order valence-corrected chi connectivity index (χ0v) is 10.6. The molecule has 0 saturated carbocycles. The van der Waals surface area contributed by atoms with E-state index in [2.05, 4.69) is 15.3 Å². The van der Waals surface area contributed by atoms with Crippen molar-refractivity contribution in [3.05, 3.63) is 47.9 Å². The van der Waals surface area contributed by atoms with Gasteiger partial charge in [0, 0.05) is 11.8 Å². The fourth-order valence-electron chi connectivity index (χ4n) is 1.91. The first-order chi connectivity index (χ1) is 9.26. The van der Waals surface area contributed by atoms with E-state index in [0.29, 0.717) is 6.41 Å². The highest BCUT2D eigenvalue weighted by molar-refractivity contribution is 5.62. The van der Waals surface area contributed by atoms with Crippen LogP contribution < -0.4 is 5.32 Å². The largest absolute Gasteiger partial charge is 0.394 e. The van der Waals surface area contributed by atoms with Gasteiger partial charge in [0.15, 0.2) is 0 Å². The van der Waals surface area contributed by atoms with E-state index in [1.807, 2.05) is 31.2 Å². The normalized spacial score (nSPS) is 11.9. The van der Waals surface area contributed by atoms with Crippen molar-refractivity contribution in [3.63, 3.8) is 0 Å². The summed E-state index contributed by atoms with van der Waals surface area (Å²) in [4.78, 5) is 18.6. The summed E-state index contributed by atoms with van der Waals surface area (Å²) >= 11 is 0. The van der Waals surface area contributed by atoms with Crippen LogP contribution in [0, 0.1) is 6.92 Å². The molecule has 0 saturated heterocycles. The third-order valence-electron chi connectivity index (χ3n) is 2.93. The van der Waals surface area contributed by atoms with Crippen molar-refractivity contribution in [2.75, 3.05) is 6.61 Å². The lowest BCUT2D eigenvalue weighted by Gasteiger charge is -2.14. The summed E-state index contributed by atoms with van der Waals surface area (Å²) in [5.74, 6) is 0. The molecule has 1 aromatic heterocycles. The van der Waals surface area contributed by atoms with E-state index in [0.717, 1.165) is 22.4 Å². The van der Waals surface area contributed by atoms with Gasteiger partial charge in [0.1, 0.15) is 6.33 Å². The van der Waals surface area contributed by atoms with Gasteiger partial charge in [-0.3, -0.25) is 4.79 Å². The number of aryl methyl sites for hydroxylation is 1. The second-order valence-electron chi connectivity index (χ2n) is 4.20. The maximum atomic E-state index is 10.4. The number of nitrogens with one attached hydrogen (secondary N) is 1. The molecular formula is C14H15N3O2. The molecular weight excluding hydrogens is 242 g/mol. The summed E-state index contributed by atoms with van der Waals surface area (Å²) in [7, 11) is 0. The Morgan fingerprint density at radius 2 is 2.11 bits per heavy atom. The molecule has 0 aliphatic carbocycles. The van der Waals surface area contributed by atoms with Crippen molar-refractivity contribution in [3.8, 4) is 11.3 Å². The fourth-order valence-corrected chi connectivity index (χ4v) is 1.91. The van der Waals surface area contributed by atoms with Crippen LogP contribution in [0.3, 0.4) is 0 Å². The van der Waals surface area contributed by atoms with E-state index in [1.54, 1.807) is 6.20 Å². The summed E-state index contributed by atoms with van der Waals surface area (Å²) in [5.41, 5.74) is 3.71. The predicted octanol–water partition coefficient (Wildman–Crippen LogP) is 1.23. The zero-order valence-electron chi connectivity index (χ0n) is 10.6. The Hall–Kier alpha value is -2.27. The highest BCUT2D eigenvalue weighted by atomic mass is 16.3. The Morgan fingerprint density at radius 1 is 1.37 bits per heavy atom. The van der Waals surface area contributed by atoms with Gasteiger partial charge in [0.05, 0.1) is 18.3 Å². The van der Waals surface area contributed by atoms with E-state index < -0.39 is 0 Å². The molecule has 5 nitrogen and oxygen atoms in total. The minimum absolute atomic E-state index is 0.134. The summed E-state index contributed by atoms with van der Waals surface area (Å²) in [5, 5.41) is 11.8. The minimum Gasteiger partial charge on any atom is -0.394 e. The van der Waals surface area contributed by atoms with Crippen LogP contribution in [0.15, 0.2) is 36.8 Å². The van der Waals surface area contributed by atoms with Crippen LogP contribution in [0.2, 0.25) is 0 Å². The SMILES string of the molecule is Cc1cncnc1-c1ccc(C(CO)NC=O)cc1. The molecule has 0 aliphatic heterocycles. The Balaban J connectivity index is 2.28. The molecule has 1 heterocycles. The summed E-state index contributed by atoms with van der Waals surface area (Å²) < 4.78 is 0. The van der Waals surface area contributed by atoms with Gasteiger partial charge in [-0.1, -0.05) is 24.3 Å². The first kappa shape index (κ1) is 13.2. The third-order valence-corrected chi connectivity index (χ3v) is 2.93. The number of nitrogens with zero attached hydrogens (tertiary/aromatic N) is 2. The van der Waals surface area contributed by atoms with E-state index in [4.69, 9.17) is 0 Å². The molecule has 0 fully saturated rings. The van der Waals surface area contributed by atoms with E-state index >= 15 is 0 Å². The Labute approximate surface area is 111 Å². The molecule has 98 valence electrons. The van der Waals surface area contributed by atoms with Crippen LogP contribution in [0.4, 0.5) is 0 Å². The highest BCUT2D eigenvalue weighted by Gasteiger charge is 2.09. The molecule has 0 bridgehead atoms. The van der Waals surface area contributed by atoms with Gasteiger partial charge in [-0.2, -0.15) is 0 Å². The van der Waals surface area contributed by atoms with Crippen molar-refractivity contribution in [1.82, 2.24) is 15.3 Å². The first-order valence-electron chi connectivity index (χ1n) is 5.93. The van der Waals surface area contributed by atoms with Crippen molar-refractivity contribution >= 4 is 6.41 Å². The monoisotopic (exact) mass is 257 g/mol. The smallest absolute Gasteiger partial charge is 0.207 e.